The SMILES string of the molecule is C/C=N/OC.CNOC. The summed E-state index contributed by atoms with van der Waals surface area (Å²) >= 11 is 0. The molecule has 56 valence electrons. The van der Waals surface area contributed by atoms with Crippen LogP contribution < -0.4 is 5.48 Å². The molecule has 0 aliphatic rings. The third kappa shape index (κ3) is 37.6. The van der Waals surface area contributed by atoms with Crippen molar-refractivity contribution in [1.29, 1.82) is 0 Å². The van der Waals surface area contributed by atoms with Crippen molar-refractivity contribution in [3.8, 4) is 0 Å². The Morgan fingerprint density at radius 2 is 1.89 bits per heavy atom. The molecule has 0 saturated carbocycles. The van der Waals surface area contributed by atoms with E-state index in [0.717, 1.165) is 0 Å². The smallest absolute Gasteiger partial charge is 0.106 e. The van der Waals surface area contributed by atoms with E-state index in [2.05, 4.69) is 20.3 Å². The molecule has 0 unspecified atom stereocenters. The van der Waals surface area contributed by atoms with Crippen molar-refractivity contribution >= 4 is 6.21 Å². The summed E-state index contributed by atoms with van der Waals surface area (Å²) in [6, 6.07) is 0. The molecule has 0 aromatic carbocycles. The first-order chi connectivity index (χ1) is 4.33. The highest BCUT2D eigenvalue weighted by molar-refractivity contribution is 5.52. The average molecular weight is 134 g/mol. The molecule has 0 radical (unpaired) electrons. The fourth-order valence-electron chi connectivity index (χ4n) is 0.105. The first kappa shape index (κ1) is 11.2. The molecule has 0 heterocycles. The van der Waals surface area contributed by atoms with Crippen molar-refractivity contribution < 1.29 is 9.68 Å². The summed E-state index contributed by atoms with van der Waals surface area (Å²) in [5.41, 5.74) is 2.43. The number of nitrogens with one attached hydrogen (secondary N) is 1. The Labute approximate surface area is 55.8 Å². The molecule has 0 aromatic rings. The predicted molar refractivity (Wildman–Crippen MR) is 37.2 cm³/mol. The van der Waals surface area contributed by atoms with Crippen molar-refractivity contribution in [3.63, 3.8) is 0 Å². The zero-order chi connectivity index (χ0) is 7.54. The molecule has 0 bridgehead atoms. The Kier molecular flexibility index (Phi) is 19.5. The zero-order valence-corrected chi connectivity index (χ0v) is 6.34. The molecule has 0 saturated heterocycles. The Morgan fingerprint density at radius 3 is 1.89 bits per heavy atom. The molecule has 0 aromatic heterocycles. The summed E-state index contributed by atoms with van der Waals surface area (Å²) in [5.74, 6) is 0. The first-order valence-electron chi connectivity index (χ1n) is 2.54. The van der Waals surface area contributed by atoms with Crippen LogP contribution in [0.1, 0.15) is 6.92 Å². The molecule has 0 aliphatic carbocycles. The van der Waals surface area contributed by atoms with Crippen molar-refractivity contribution in [1.82, 2.24) is 5.48 Å². The normalized spacial score (nSPS) is 8.44. The summed E-state index contributed by atoms with van der Waals surface area (Å²) in [5, 5.41) is 3.35. The van der Waals surface area contributed by atoms with Gasteiger partial charge in [-0.2, -0.15) is 0 Å². The number of hydrogen-bond donors (Lipinski definition) is 1. The number of hydroxylamine groups is 1. The third-order valence-corrected chi connectivity index (χ3v) is 0.415. The molecule has 4 nitrogen and oxygen atoms in total. The van der Waals surface area contributed by atoms with Crippen LogP contribution in [0.4, 0.5) is 0 Å². The van der Waals surface area contributed by atoms with Gasteiger partial charge < -0.3 is 9.68 Å². The van der Waals surface area contributed by atoms with Crippen LogP contribution in [0.5, 0.6) is 0 Å². The summed E-state index contributed by atoms with van der Waals surface area (Å²) in [7, 11) is 4.79. The Morgan fingerprint density at radius 1 is 1.44 bits per heavy atom. The van der Waals surface area contributed by atoms with E-state index in [1.54, 1.807) is 27.3 Å². The summed E-state index contributed by atoms with van der Waals surface area (Å²) < 4.78 is 0. The van der Waals surface area contributed by atoms with Gasteiger partial charge in [-0.3, -0.25) is 0 Å². The summed E-state index contributed by atoms with van der Waals surface area (Å²) in [4.78, 5) is 8.55. The van der Waals surface area contributed by atoms with Crippen molar-refractivity contribution in [3.05, 3.63) is 0 Å². The van der Waals surface area contributed by atoms with E-state index in [1.165, 1.54) is 7.11 Å². The monoisotopic (exact) mass is 134 g/mol. The molecule has 9 heavy (non-hydrogen) atoms. The van der Waals surface area contributed by atoms with Gasteiger partial charge in [-0.15, -0.1) is 5.16 Å². The number of rotatable bonds is 2. The highest BCUT2D eigenvalue weighted by atomic mass is 16.6. The van der Waals surface area contributed by atoms with E-state index in [-0.39, 0.29) is 0 Å². The molecule has 0 amide bonds. The first-order valence-corrected chi connectivity index (χ1v) is 2.54. The van der Waals surface area contributed by atoms with Gasteiger partial charge >= 0.3 is 0 Å². The largest absolute Gasteiger partial charge is 0.399 e. The van der Waals surface area contributed by atoms with Gasteiger partial charge in [0.1, 0.15) is 7.11 Å². The van der Waals surface area contributed by atoms with Crippen molar-refractivity contribution in [2.75, 3.05) is 21.3 Å². The topological polar surface area (TPSA) is 42.8 Å². The predicted octanol–water partition coefficient (Wildman–Crippen LogP) is 0.406. The van der Waals surface area contributed by atoms with Crippen LogP contribution in [0.3, 0.4) is 0 Å². The van der Waals surface area contributed by atoms with Crippen LogP contribution >= 0.6 is 0 Å². The minimum Gasteiger partial charge on any atom is -0.399 e. The minimum atomic E-state index is 1.51. The molecule has 0 fully saturated rings. The average Bonchev–Trinajstić information content (AvgIpc) is 1.91. The van der Waals surface area contributed by atoms with Gasteiger partial charge in [-0.1, -0.05) is 0 Å². The van der Waals surface area contributed by atoms with E-state index in [0.29, 0.717) is 0 Å². The minimum absolute atomic E-state index is 1.51. The van der Waals surface area contributed by atoms with E-state index >= 15 is 0 Å². The van der Waals surface area contributed by atoms with E-state index in [4.69, 9.17) is 0 Å². The maximum absolute atomic E-state index is 4.29. The second kappa shape index (κ2) is 15.7. The van der Waals surface area contributed by atoms with Gasteiger partial charge in [0.05, 0.1) is 7.11 Å². The van der Waals surface area contributed by atoms with Crippen LogP contribution in [-0.2, 0) is 9.68 Å². The van der Waals surface area contributed by atoms with Crippen LogP contribution in [-0.4, -0.2) is 27.5 Å². The van der Waals surface area contributed by atoms with Gasteiger partial charge in [0.15, 0.2) is 0 Å². The van der Waals surface area contributed by atoms with Gasteiger partial charge in [-0.25, -0.2) is 5.48 Å². The fourth-order valence-corrected chi connectivity index (χ4v) is 0.105. The van der Waals surface area contributed by atoms with E-state index in [9.17, 15) is 0 Å². The lowest BCUT2D eigenvalue weighted by molar-refractivity contribution is 0.112. The second-order valence-corrected chi connectivity index (χ2v) is 0.954. The highest BCUT2D eigenvalue weighted by Gasteiger charge is 1.46. The van der Waals surface area contributed by atoms with E-state index in [1.807, 2.05) is 0 Å². The van der Waals surface area contributed by atoms with Gasteiger partial charge in [0.25, 0.3) is 0 Å². The third-order valence-electron chi connectivity index (χ3n) is 0.415. The van der Waals surface area contributed by atoms with Crippen LogP contribution in [0.2, 0.25) is 0 Å². The maximum atomic E-state index is 4.29. The quantitative estimate of drug-likeness (QED) is 0.439. The molecular formula is C5H14N2O2. The van der Waals surface area contributed by atoms with Crippen molar-refractivity contribution in [2.45, 2.75) is 6.92 Å². The lowest BCUT2D eigenvalue weighted by Gasteiger charge is -1.80. The zero-order valence-electron chi connectivity index (χ0n) is 6.34. The molecular weight excluding hydrogens is 120 g/mol. The number of oxime groups is 1. The van der Waals surface area contributed by atoms with E-state index < -0.39 is 0 Å². The Hall–Kier alpha value is -0.610. The standard InChI is InChI=1S/C3H7NO.C2H7NO/c1-3-4-5-2;1-3-4-2/h3H,1-2H3;3H,1-2H3/b4-3+;. The van der Waals surface area contributed by atoms with Crippen LogP contribution in [0.15, 0.2) is 5.16 Å². The molecule has 0 atom stereocenters. The molecule has 0 aliphatic heterocycles. The maximum Gasteiger partial charge on any atom is 0.106 e. The Bertz CT molecular complexity index is 54.9. The molecule has 0 spiro atoms. The second-order valence-electron chi connectivity index (χ2n) is 0.954. The lowest BCUT2D eigenvalue weighted by Crippen LogP contribution is -2.00. The fraction of sp³-hybridized carbons (Fsp3) is 0.800. The van der Waals surface area contributed by atoms with Gasteiger partial charge in [-0.05, 0) is 6.92 Å². The number of hydrogen-bond acceptors (Lipinski definition) is 4. The lowest BCUT2D eigenvalue weighted by atomic mass is 10.9. The molecule has 1 N–H and O–H groups in total. The Balaban J connectivity index is 0. The highest BCUT2D eigenvalue weighted by Crippen LogP contribution is 1.56. The summed E-state index contributed by atoms with van der Waals surface area (Å²) in [6.45, 7) is 1.80. The van der Waals surface area contributed by atoms with Gasteiger partial charge in [0.2, 0.25) is 0 Å². The van der Waals surface area contributed by atoms with Gasteiger partial charge in [0, 0.05) is 13.3 Å². The van der Waals surface area contributed by atoms with Crippen molar-refractivity contribution in [2.24, 2.45) is 5.16 Å². The van der Waals surface area contributed by atoms with Crippen LogP contribution in [0, 0.1) is 0 Å². The van der Waals surface area contributed by atoms with Crippen LogP contribution in [0.25, 0.3) is 0 Å². The molecule has 0 rings (SSSR count). The number of nitrogens with zero attached hydrogens (tertiary/aromatic N) is 1. The summed E-state index contributed by atoms with van der Waals surface area (Å²) in [6.07, 6.45) is 1.58. The molecule has 4 heteroatoms.